The zero-order valence-corrected chi connectivity index (χ0v) is 13.6. The third-order valence-electron chi connectivity index (χ3n) is 3.11. The van der Waals surface area contributed by atoms with E-state index in [-0.39, 0.29) is 23.0 Å². The third-order valence-corrected chi connectivity index (χ3v) is 3.48. The van der Waals surface area contributed by atoms with Crippen molar-refractivity contribution < 1.29 is 24.0 Å². The van der Waals surface area contributed by atoms with Gasteiger partial charge in [0.15, 0.2) is 6.61 Å². The molecule has 0 unspecified atom stereocenters. The maximum Gasteiger partial charge on any atom is 0.341 e. The Balaban J connectivity index is 2.11. The number of thiocarbonyl (C=S) groups is 1. The van der Waals surface area contributed by atoms with Crippen LogP contribution in [0.1, 0.15) is 11.1 Å². The van der Waals surface area contributed by atoms with Gasteiger partial charge in [0, 0.05) is 24.7 Å². The van der Waals surface area contributed by atoms with Crippen molar-refractivity contribution in [3.63, 3.8) is 0 Å². The summed E-state index contributed by atoms with van der Waals surface area (Å²) in [7, 11) is 0. The summed E-state index contributed by atoms with van der Waals surface area (Å²) in [6, 6.07) is 9.60. The van der Waals surface area contributed by atoms with Crippen molar-refractivity contribution in [1.29, 1.82) is 0 Å². The lowest BCUT2D eigenvalue weighted by atomic mass is 10.1. The van der Waals surface area contributed by atoms with E-state index >= 15 is 0 Å². The van der Waals surface area contributed by atoms with E-state index in [2.05, 4.69) is 5.32 Å². The van der Waals surface area contributed by atoms with Crippen LogP contribution in [0.5, 0.6) is 5.75 Å². The van der Waals surface area contributed by atoms with Crippen molar-refractivity contribution in [1.82, 2.24) is 5.32 Å². The first kappa shape index (κ1) is 18.3. The number of aliphatic carboxylic acids is 1. The molecule has 2 rings (SSSR count). The summed E-state index contributed by atoms with van der Waals surface area (Å²) < 4.78 is 18.4. The van der Waals surface area contributed by atoms with Crippen LogP contribution < -0.4 is 10.1 Å². The molecule has 0 radical (unpaired) electrons. The number of nitro groups is 1. The van der Waals surface area contributed by atoms with Crippen molar-refractivity contribution in [3.05, 3.63) is 69.5 Å². The molecule has 0 atom stereocenters. The standard InChI is InChI=1S/C16H13FN2O5S/c17-11-4-5-13(14(7-11)24-9-15(20)21)16(25)18-8-10-2-1-3-12(6-10)19(22)23/h1-7H,8-9H2,(H,18,25)(H,20,21). The number of hydrogen-bond donors (Lipinski definition) is 2. The Hall–Kier alpha value is -3.07. The van der Waals surface area contributed by atoms with Gasteiger partial charge in [-0.2, -0.15) is 0 Å². The van der Waals surface area contributed by atoms with Gasteiger partial charge in [-0.25, -0.2) is 9.18 Å². The van der Waals surface area contributed by atoms with Crippen molar-refractivity contribution in [3.8, 4) is 5.75 Å². The van der Waals surface area contributed by atoms with Gasteiger partial charge in [0.05, 0.1) is 10.5 Å². The molecule has 0 amide bonds. The average Bonchev–Trinajstić information content (AvgIpc) is 2.58. The van der Waals surface area contributed by atoms with E-state index in [1.54, 1.807) is 12.1 Å². The van der Waals surface area contributed by atoms with Crippen LogP contribution in [-0.4, -0.2) is 27.6 Å². The molecule has 2 N–H and O–H groups in total. The van der Waals surface area contributed by atoms with Gasteiger partial charge in [0.1, 0.15) is 16.6 Å². The number of nitro benzene ring substituents is 1. The Bertz CT molecular complexity index is 828. The first-order chi connectivity index (χ1) is 11.9. The number of carbonyl (C=O) groups is 1. The Labute approximate surface area is 147 Å². The lowest BCUT2D eigenvalue weighted by Crippen LogP contribution is -2.23. The number of nitrogens with one attached hydrogen (secondary N) is 1. The number of hydrogen-bond acceptors (Lipinski definition) is 5. The number of halogens is 1. The number of carboxylic acid groups (broad SMARTS) is 1. The van der Waals surface area contributed by atoms with E-state index in [0.29, 0.717) is 11.1 Å². The van der Waals surface area contributed by atoms with Gasteiger partial charge in [-0.3, -0.25) is 10.1 Å². The smallest absolute Gasteiger partial charge is 0.341 e. The molecule has 0 fully saturated rings. The molecule has 0 spiro atoms. The van der Waals surface area contributed by atoms with Crippen LogP contribution in [-0.2, 0) is 11.3 Å². The summed E-state index contributed by atoms with van der Waals surface area (Å²) in [5.74, 6) is -1.80. The minimum Gasteiger partial charge on any atom is -0.481 e. The van der Waals surface area contributed by atoms with Crippen molar-refractivity contribution in [2.45, 2.75) is 6.54 Å². The fourth-order valence-electron chi connectivity index (χ4n) is 2.00. The largest absolute Gasteiger partial charge is 0.481 e. The molecule has 2 aromatic carbocycles. The zero-order valence-electron chi connectivity index (χ0n) is 12.8. The minimum atomic E-state index is -1.20. The molecule has 0 aromatic heterocycles. The monoisotopic (exact) mass is 364 g/mol. The average molecular weight is 364 g/mol. The second kappa shape index (κ2) is 8.15. The summed E-state index contributed by atoms with van der Waals surface area (Å²) in [6.07, 6.45) is 0. The Morgan fingerprint density at radius 1 is 1.32 bits per heavy atom. The molecule has 0 aliphatic carbocycles. The summed E-state index contributed by atoms with van der Waals surface area (Å²) in [5.41, 5.74) is 0.909. The molecule has 7 nitrogen and oxygen atoms in total. The fourth-order valence-corrected chi connectivity index (χ4v) is 2.24. The maximum atomic E-state index is 13.4. The molecule has 2 aromatic rings. The van der Waals surface area contributed by atoms with Gasteiger partial charge < -0.3 is 15.2 Å². The van der Waals surface area contributed by atoms with Gasteiger partial charge in [-0.1, -0.05) is 24.4 Å². The predicted octanol–water partition coefficient (Wildman–Crippen LogP) is 2.66. The van der Waals surface area contributed by atoms with Crippen LogP contribution in [0, 0.1) is 15.9 Å². The summed E-state index contributed by atoms with van der Waals surface area (Å²) in [6.45, 7) is -0.430. The number of nitrogens with zero attached hydrogens (tertiary/aromatic N) is 1. The Kier molecular flexibility index (Phi) is 5.96. The number of ether oxygens (including phenoxy) is 1. The highest BCUT2D eigenvalue weighted by molar-refractivity contribution is 7.80. The first-order valence-corrected chi connectivity index (χ1v) is 7.43. The van der Waals surface area contributed by atoms with Crippen LogP contribution in [0.4, 0.5) is 10.1 Å². The molecular formula is C16H13FN2O5S. The zero-order chi connectivity index (χ0) is 18.4. The third kappa shape index (κ3) is 5.21. The number of benzene rings is 2. The van der Waals surface area contributed by atoms with E-state index in [0.717, 1.165) is 6.07 Å². The van der Waals surface area contributed by atoms with Crippen LogP contribution in [0.3, 0.4) is 0 Å². The summed E-state index contributed by atoms with van der Waals surface area (Å²) in [4.78, 5) is 21.1. The van der Waals surface area contributed by atoms with Crippen molar-refractivity contribution in [2.75, 3.05) is 6.61 Å². The van der Waals surface area contributed by atoms with Gasteiger partial charge in [-0.15, -0.1) is 0 Å². The van der Waals surface area contributed by atoms with Crippen molar-refractivity contribution >= 4 is 28.9 Å². The topological polar surface area (TPSA) is 102 Å². The molecule has 0 aliphatic heterocycles. The molecular weight excluding hydrogens is 351 g/mol. The molecule has 9 heteroatoms. The molecule has 0 heterocycles. The predicted molar refractivity (Wildman–Crippen MR) is 91.2 cm³/mol. The van der Waals surface area contributed by atoms with E-state index in [1.165, 1.54) is 24.3 Å². The number of rotatable bonds is 7. The van der Waals surface area contributed by atoms with Crippen LogP contribution >= 0.6 is 12.2 Å². The lowest BCUT2D eigenvalue weighted by Gasteiger charge is -2.13. The van der Waals surface area contributed by atoms with E-state index < -0.39 is 23.3 Å². The summed E-state index contributed by atoms with van der Waals surface area (Å²) in [5, 5.41) is 22.3. The molecule has 25 heavy (non-hydrogen) atoms. The molecule has 0 bridgehead atoms. The van der Waals surface area contributed by atoms with Crippen molar-refractivity contribution in [2.24, 2.45) is 0 Å². The highest BCUT2D eigenvalue weighted by Gasteiger charge is 2.12. The fraction of sp³-hybridized carbons (Fsp3) is 0.125. The van der Waals surface area contributed by atoms with Gasteiger partial charge in [0.25, 0.3) is 5.69 Å². The highest BCUT2D eigenvalue weighted by Crippen LogP contribution is 2.21. The normalized spacial score (nSPS) is 10.1. The van der Waals surface area contributed by atoms with E-state index in [9.17, 15) is 19.3 Å². The quantitative estimate of drug-likeness (QED) is 0.442. The van der Waals surface area contributed by atoms with Gasteiger partial charge >= 0.3 is 5.97 Å². The van der Waals surface area contributed by atoms with Crippen LogP contribution in [0.15, 0.2) is 42.5 Å². The maximum absolute atomic E-state index is 13.4. The Morgan fingerprint density at radius 3 is 2.76 bits per heavy atom. The lowest BCUT2D eigenvalue weighted by molar-refractivity contribution is -0.384. The SMILES string of the molecule is O=C(O)COc1cc(F)ccc1C(=S)NCc1cccc([N+](=O)[O-])c1. The minimum absolute atomic E-state index is 0.000979. The van der Waals surface area contributed by atoms with Crippen LogP contribution in [0.2, 0.25) is 0 Å². The van der Waals surface area contributed by atoms with E-state index in [4.69, 9.17) is 22.1 Å². The number of non-ortho nitro benzene ring substituents is 1. The molecule has 0 saturated carbocycles. The number of carboxylic acids is 1. The van der Waals surface area contributed by atoms with Gasteiger partial charge in [0.2, 0.25) is 0 Å². The highest BCUT2D eigenvalue weighted by atomic mass is 32.1. The first-order valence-electron chi connectivity index (χ1n) is 7.02. The van der Waals surface area contributed by atoms with Crippen LogP contribution in [0.25, 0.3) is 0 Å². The molecule has 0 aliphatic rings. The molecule has 0 saturated heterocycles. The second-order valence-corrected chi connectivity index (χ2v) is 5.34. The summed E-state index contributed by atoms with van der Waals surface area (Å²) >= 11 is 5.22. The van der Waals surface area contributed by atoms with E-state index in [1.807, 2.05) is 0 Å². The Morgan fingerprint density at radius 2 is 2.08 bits per heavy atom. The second-order valence-electron chi connectivity index (χ2n) is 4.93. The molecule has 130 valence electrons. The van der Waals surface area contributed by atoms with Gasteiger partial charge in [-0.05, 0) is 17.7 Å².